The SMILES string of the molecule is O=C(CSCc1c(Cl)cccc1Cl)Nc1ccc(S(=O)(=O)Nc2ccccc2)cc1. The number of thioether (sulfide) groups is 1. The van der Waals surface area contributed by atoms with Gasteiger partial charge in [0.1, 0.15) is 0 Å². The van der Waals surface area contributed by atoms with Crippen molar-refractivity contribution in [3.8, 4) is 0 Å². The Bertz CT molecular complexity index is 1100. The molecule has 30 heavy (non-hydrogen) atoms. The molecule has 3 aromatic rings. The van der Waals surface area contributed by atoms with Crippen molar-refractivity contribution in [3.05, 3.63) is 88.4 Å². The molecule has 0 saturated heterocycles. The average molecular weight is 481 g/mol. The van der Waals surface area contributed by atoms with Gasteiger partial charge in [-0.1, -0.05) is 47.5 Å². The fraction of sp³-hybridized carbons (Fsp3) is 0.0952. The predicted molar refractivity (Wildman–Crippen MR) is 125 cm³/mol. The molecule has 3 rings (SSSR count). The summed E-state index contributed by atoms with van der Waals surface area (Å²) in [5.74, 6) is 0.506. The van der Waals surface area contributed by atoms with Crippen LogP contribution in [0, 0.1) is 0 Å². The molecule has 9 heteroatoms. The van der Waals surface area contributed by atoms with E-state index in [1.165, 1.54) is 23.9 Å². The summed E-state index contributed by atoms with van der Waals surface area (Å²) in [7, 11) is -3.70. The zero-order valence-corrected chi connectivity index (χ0v) is 18.8. The average Bonchev–Trinajstić information content (AvgIpc) is 2.71. The van der Waals surface area contributed by atoms with Crippen molar-refractivity contribution in [2.75, 3.05) is 15.8 Å². The molecular weight excluding hydrogens is 463 g/mol. The number of halogens is 2. The number of hydrogen-bond acceptors (Lipinski definition) is 4. The van der Waals surface area contributed by atoms with Crippen LogP contribution in [0.5, 0.6) is 0 Å². The van der Waals surface area contributed by atoms with Crippen molar-refractivity contribution in [1.29, 1.82) is 0 Å². The Kier molecular flexibility index (Phi) is 7.66. The van der Waals surface area contributed by atoms with Crippen LogP contribution in [0.1, 0.15) is 5.56 Å². The minimum atomic E-state index is -3.70. The molecule has 0 unspecified atom stereocenters. The fourth-order valence-electron chi connectivity index (χ4n) is 2.55. The van der Waals surface area contributed by atoms with E-state index in [2.05, 4.69) is 10.0 Å². The van der Waals surface area contributed by atoms with Crippen molar-refractivity contribution in [2.24, 2.45) is 0 Å². The van der Waals surface area contributed by atoms with Gasteiger partial charge in [-0.2, -0.15) is 0 Å². The predicted octanol–water partition coefficient (Wildman–Crippen LogP) is 5.67. The van der Waals surface area contributed by atoms with Gasteiger partial charge in [0.05, 0.1) is 10.6 Å². The Hall–Kier alpha value is -2.19. The number of para-hydroxylation sites is 1. The number of benzene rings is 3. The van der Waals surface area contributed by atoms with Crippen LogP contribution in [0.4, 0.5) is 11.4 Å². The zero-order chi connectivity index (χ0) is 21.6. The summed E-state index contributed by atoms with van der Waals surface area (Å²) in [6.07, 6.45) is 0. The van der Waals surface area contributed by atoms with Crippen LogP contribution in [-0.4, -0.2) is 20.1 Å². The standard InChI is InChI=1S/C21H18Cl2N2O3S2/c22-19-7-4-8-20(23)18(19)13-29-14-21(26)24-15-9-11-17(12-10-15)30(27,28)25-16-5-2-1-3-6-16/h1-12,25H,13-14H2,(H,24,26). The fourth-order valence-corrected chi connectivity index (χ4v) is 5.17. The van der Waals surface area contributed by atoms with Crippen LogP contribution in [0.2, 0.25) is 10.0 Å². The number of carbonyl (C=O) groups is 1. The summed E-state index contributed by atoms with van der Waals surface area (Å²) in [5, 5.41) is 3.88. The lowest BCUT2D eigenvalue weighted by molar-refractivity contribution is -0.113. The zero-order valence-electron chi connectivity index (χ0n) is 15.6. The monoisotopic (exact) mass is 480 g/mol. The molecule has 5 nitrogen and oxygen atoms in total. The normalized spacial score (nSPS) is 11.1. The molecule has 0 atom stereocenters. The highest BCUT2D eigenvalue weighted by molar-refractivity contribution is 7.99. The Balaban J connectivity index is 1.54. The Labute approximate surface area is 189 Å². The third-order valence-corrected chi connectivity index (χ3v) is 7.08. The van der Waals surface area contributed by atoms with E-state index in [1.54, 1.807) is 60.7 Å². The van der Waals surface area contributed by atoms with E-state index in [0.717, 1.165) is 5.56 Å². The highest BCUT2D eigenvalue weighted by Crippen LogP contribution is 2.28. The maximum atomic E-state index is 12.4. The van der Waals surface area contributed by atoms with Gasteiger partial charge in [0.2, 0.25) is 5.91 Å². The van der Waals surface area contributed by atoms with E-state index >= 15 is 0 Å². The molecule has 0 aliphatic carbocycles. The summed E-state index contributed by atoms with van der Waals surface area (Å²) in [6.45, 7) is 0. The first-order valence-corrected chi connectivity index (χ1v) is 12.2. The molecular formula is C21H18Cl2N2O3S2. The van der Waals surface area contributed by atoms with Gasteiger partial charge in [-0.3, -0.25) is 9.52 Å². The number of amides is 1. The molecule has 0 saturated carbocycles. The summed E-state index contributed by atoms with van der Waals surface area (Å²) < 4.78 is 27.4. The summed E-state index contributed by atoms with van der Waals surface area (Å²) >= 11 is 13.6. The maximum Gasteiger partial charge on any atom is 0.261 e. The summed E-state index contributed by atoms with van der Waals surface area (Å²) in [5.41, 5.74) is 1.78. The second kappa shape index (κ2) is 10.2. The number of carbonyl (C=O) groups excluding carboxylic acids is 1. The van der Waals surface area contributed by atoms with Crippen LogP contribution in [0.3, 0.4) is 0 Å². The lowest BCUT2D eigenvalue weighted by Gasteiger charge is -2.10. The minimum absolute atomic E-state index is 0.104. The topological polar surface area (TPSA) is 75.3 Å². The smallest absolute Gasteiger partial charge is 0.261 e. The molecule has 0 aromatic heterocycles. The first kappa shape index (κ1) is 22.5. The lowest BCUT2D eigenvalue weighted by Crippen LogP contribution is -2.15. The second-order valence-electron chi connectivity index (χ2n) is 6.24. The molecule has 0 bridgehead atoms. The van der Waals surface area contributed by atoms with Crippen molar-refractivity contribution in [1.82, 2.24) is 0 Å². The van der Waals surface area contributed by atoms with Gasteiger partial charge in [-0.05, 0) is 54.1 Å². The molecule has 0 aliphatic heterocycles. The van der Waals surface area contributed by atoms with E-state index < -0.39 is 10.0 Å². The lowest BCUT2D eigenvalue weighted by atomic mass is 10.2. The number of rotatable bonds is 8. The first-order valence-electron chi connectivity index (χ1n) is 8.83. The molecule has 0 radical (unpaired) electrons. The van der Waals surface area contributed by atoms with Gasteiger partial charge in [0.15, 0.2) is 0 Å². The quantitative estimate of drug-likeness (QED) is 0.435. The first-order chi connectivity index (χ1) is 14.3. The van der Waals surface area contributed by atoms with Crippen LogP contribution < -0.4 is 10.0 Å². The molecule has 0 spiro atoms. The highest BCUT2D eigenvalue weighted by Gasteiger charge is 2.14. The van der Waals surface area contributed by atoms with E-state index in [1.807, 2.05) is 0 Å². The van der Waals surface area contributed by atoms with Gasteiger partial charge in [0.25, 0.3) is 10.0 Å². The highest BCUT2D eigenvalue weighted by atomic mass is 35.5. The number of nitrogens with one attached hydrogen (secondary N) is 2. The van der Waals surface area contributed by atoms with E-state index in [-0.39, 0.29) is 16.6 Å². The van der Waals surface area contributed by atoms with Crippen molar-refractivity contribution >= 4 is 62.3 Å². The molecule has 0 aliphatic rings. The van der Waals surface area contributed by atoms with E-state index in [9.17, 15) is 13.2 Å². The summed E-state index contributed by atoms with van der Waals surface area (Å²) in [4.78, 5) is 12.3. The third kappa shape index (κ3) is 6.15. The van der Waals surface area contributed by atoms with Gasteiger partial charge >= 0.3 is 0 Å². The van der Waals surface area contributed by atoms with E-state index in [4.69, 9.17) is 23.2 Å². The van der Waals surface area contributed by atoms with Crippen LogP contribution >= 0.6 is 35.0 Å². The molecule has 3 aromatic carbocycles. The third-order valence-electron chi connectivity index (χ3n) is 4.02. The molecule has 156 valence electrons. The Morgan fingerprint density at radius 3 is 2.10 bits per heavy atom. The number of sulfonamides is 1. The van der Waals surface area contributed by atoms with Gasteiger partial charge in [-0.25, -0.2) is 8.42 Å². The van der Waals surface area contributed by atoms with Crippen molar-refractivity contribution in [2.45, 2.75) is 10.6 Å². The maximum absolute atomic E-state index is 12.4. The summed E-state index contributed by atoms with van der Waals surface area (Å²) in [6, 6.07) is 19.9. The molecule has 1 amide bonds. The van der Waals surface area contributed by atoms with Gasteiger partial charge < -0.3 is 5.32 Å². The van der Waals surface area contributed by atoms with Gasteiger partial charge in [0, 0.05) is 27.2 Å². The van der Waals surface area contributed by atoms with Crippen LogP contribution in [-0.2, 0) is 20.6 Å². The Morgan fingerprint density at radius 2 is 1.47 bits per heavy atom. The van der Waals surface area contributed by atoms with Crippen molar-refractivity contribution < 1.29 is 13.2 Å². The number of anilines is 2. The Morgan fingerprint density at radius 1 is 0.833 bits per heavy atom. The van der Waals surface area contributed by atoms with E-state index in [0.29, 0.717) is 27.2 Å². The minimum Gasteiger partial charge on any atom is -0.325 e. The molecule has 2 N–H and O–H groups in total. The van der Waals surface area contributed by atoms with Crippen LogP contribution in [0.25, 0.3) is 0 Å². The number of hydrogen-bond donors (Lipinski definition) is 2. The van der Waals surface area contributed by atoms with Crippen LogP contribution in [0.15, 0.2) is 77.7 Å². The van der Waals surface area contributed by atoms with Crippen molar-refractivity contribution in [3.63, 3.8) is 0 Å². The second-order valence-corrected chi connectivity index (χ2v) is 9.72. The largest absolute Gasteiger partial charge is 0.325 e. The van der Waals surface area contributed by atoms with Gasteiger partial charge in [-0.15, -0.1) is 11.8 Å². The molecule has 0 heterocycles. The molecule has 0 fully saturated rings.